The Morgan fingerprint density at radius 3 is 2.54 bits per heavy atom. The van der Waals surface area contributed by atoms with Crippen LogP contribution in [0.25, 0.3) is 0 Å². The Labute approximate surface area is 147 Å². The number of nitrogens with zero attached hydrogens (tertiary/aromatic N) is 3. The number of hydrogen-bond donors (Lipinski definition) is 0. The maximum atomic E-state index is 12.8. The van der Waals surface area contributed by atoms with Crippen LogP contribution >= 0.6 is 11.6 Å². The summed E-state index contributed by atoms with van der Waals surface area (Å²) in [5, 5.41) is 0.643. The molecule has 0 spiro atoms. The van der Waals surface area contributed by atoms with Crippen LogP contribution in [0.4, 0.5) is 5.82 Å². The average Bonchev–Trinajstić information content (AvgIpc) is 3.09. The Kier molecular flexibility index (Phi) is 4.15. The second-order valence-electron chi connectivity index (χ2n) is 6.45. The third-order valence-electron chi connectivity index (χ3n) is 4.95. The van der Waals surface area contributed by atoms with E-state index < -0.39 is 0 Å². The van der Waals surface area contributed by atoms with Crippen molar-refractivity contribution in [3.63, 3.8) is 0 Å². The number of carbonyl (C=O) groups excluding carboxylic acids is 1. The zero-order chi connectivity index (χ0) is 16.5. The molecule has 2 aliphatic rings. The lowest BCUT2D eigenvalue weighted by Gasteiger charge is -2.35. The lowest BCUT2D eigenvalue weighted by Crippen LogP contribution is -2.49. The maximum Gasteiger partial charge on any atom is 0.253 e. The van der Waals surface area contributed by atoms with E-state index in [1.54, 1.807) is 6.20 Å². The topological polar surface area (TPSA) is 36.4 Å². The first-order valence-corrected chi connectivity index (χ1v) is 8.86. The molecule has 1 aliphatic carbocycles. The number of pyridine rings is 1. The van der Waals surface area contributed by atoms with Crippen molar-refractivity contribution < 1.29 is 4.79 Å². The van der Waals surface area contributed by atoms with Gasteiger partial charge in [-0.25, -0.2) is 4.98 Å². The van der Waals surface area contributed by atoms with Crippen LogP contribution in [0.2, 0.25) is 5.02 Å². The first-order valence-electron chi connectivity index (χ1n) is 8.48. The fourth-order valence-electron chi connectivity index (χ4n) is 3.58. The predicted molar refractivity (Wildman–Crippen MR) is 95.8 cm³/mol. The number of aromatic nitrogens is 1. The molecule has 0 atom stereocenters. The Morgan fingerprint density at radius 2 is 1.79 bits per heavy atom. The van der Waals surface area contributed by atoms with Crippen molar-refractivity contribution in [2.75, 3.05) is 31.1 Å². The first-order chi connectivity index (χ1) is 11.7. The monoisotopic (exact) mass is 341 g/mol. The molecule has 0 N–H and O–H groups in total. The highest BCUT2D eigenvalue weighted by Crippen LogP contribution is 2.24. The van der Waals surface area contributed by atoms with Gasteiger partial charge in [0.1, 0.15) is 5.82 Å². The van der Waals surface area contributed by atoms with Crippen molar-refractivity contribution >= 4 is 23.3 Å². The van der Waals surface area contributed by atoms with Crippen LogP contribution in [0.15, 0.2) is 36.5 Å². The number of amides is 1. The van der Waals surface area contributed by atoms with E-state index in [1.807, 2.05) is 23.1 Å². The van der Waals surface area contributed by atoms with E-state index in [4.69, 9.17) is 11.6 Å². The molecule has 2 heterocycles. The Morgan fingerprint density at radius 1 is 1.00 bits per heavy atom. The molecule has 1 saturated heterocycles. The van der Waals surface area contributed by atoms with E-state index in [0.29, 0.717) is 5.02 Å². The molecule has 0 unspecified atom stereocenters. The van der Waals surface area contributed by atoms with Crippen molar-refractivity contribution in [1.82, 2.24) is 9.88 Å². The fraction of sp³-hybridized carbons (Fsp3) is 0.368. The number of anilines is 1. The quantitative estimate of drug-likeness (QED) is 0.841. The number of aryl methyl sites for hydroxylation is 2. The van der Waals surface area contributed by atoms with Crippen LogP contribution in [-0.2, 0) is 12.8 Å². The van der Waals surface area contributed by atoms with Crippen LogP contribution in [-0.4, -0.2) is 42.0 Å². The SMILES string of the molecule is O=C(c1ccc2c(c1)CCC2)N1CCN(c2ccc(Cl)cn2)CC1. The average molecular weight is 342 g/mol. The van der Waals surface area contributed by atoms with E-state index >= 15 is 0 Å². The zero-order valence-electron chi connectivity index (χ0n) is 13.5. The summed E-state index contributed by atoms with van der Waals surface area (Å²) >= 11 is 5.89. The molecule has 1 aliphatic heterocycles. The van der Waals surface area contributed by atoms with E-state index in [1.165, 1.54) is 17.5 Å². The van der Waals surface area contributed by atoms with Crippen LogP contribution in [0.1, 0.15) is 27.9 Å². The first kappa shape index (κ1) is 15.5. The minimum atomic E-state index is 0.147. The summed E-state index contributed by atoms with van der Waals surface area (Å²) in [5.74, 6) is 1.07. The van der Waals surface area contributed by atoms with Gasteiger partial charge in [0, 0.05) is 37.9 Å². The van der Waals surface area contributed by atoms with Crippen molar-refractivity contribution in [2.45, 2.75) is 19.3 Å². The highest BCUT2D eigenvalue weighted by atomic mass is 35.5. The second kappa shape index (κ2) is 6.44. The van der Waals surface area contributed by atoms with E-state index in [2.05, 4.69) is 22.0 Å². The molecule has 1 aromatic carbocycles. The van der Waals surface area contributed by atoms with Gasteiger partial charge in [0.15, 0.2) is 0 Å². The molecule has 24 heavy (non-hydrogen) atoms. The van der Waals surface area contributed by atoms with Crippen molar-refractivity contribution in [1.29, 1.82) is 0 Å². The number of rotatable bonds is 2. The normalized spacial score (nSPS) is 17.0. The highest BCUT2D eigenvalue weighted by molar-refractivity contribution is 6.30. The predicted octanol–water partition coefficient (Wildman–Crippen LogP) is 3.19. The zero-order valence-corrected chi connectivity index (χ0v) is 14.3. The van der Waals surface area contributed by atoms with Gasteiger partial charge in [-0.2, -0.15) is 0 Å². The molecule has 1 fully saturated rings. The maximum absolute atomic E-state index is 12.8. The second-order valence-corrected chi connectivity index (χ2v) is 6.89. The Bertz CT molecular complexity index is 752. The minimum Gasteiger partial charge on any atom is -0.353 e. The summed E-state index contributed by atoms with van der Waals surface area (Å²) in [7, 11) is 0. The molecule has 1 amide bonds. The molecule has 124 valence electrons. The third kappa shape index (κ3) is 2.98. The smallest absolute Gasteiger partial charge is 0.253 e. The van der Waals surface area contributed by atoms with Gasteiger partial charge in [-0.1, -0.05) is 17.7 Å². The van der Waals surface area contributed by atoms with Gasteiger partial charge in [0.2, 0.25) is 0 Å². The fourth-order valence-corrected chi connectivity index (χ4v) is 3.69. The van der Waals surface area contributed by atoms with Gasteiger partial charge in [-0.05, 0) is 54.7 Å². The number of halogens is 1. The van der Waals surface area contributed by atoms with Crippen LogP contribution in [0, 0.1) is 0 Å². The molecule has 0 radical (unpaired) electrons. The number of hydrogen-bond acceptors (Lipinski definition) is 3. The van der Waals surface area contributed by atoms with E-state index in [0.717, 1.165) is 50.4 Å². The molecule has 1 aromatic heterocycles. The Hall–Kier alpha value is -2.07. The molecule has 0 saturated carbocycles. The van der Waals surface area contributed by atoms with E-state index in [-0.39, 0.29) is 5.91 Å². The van der Waals surface area contributed by atoms with Crippen LogP contribution in [0.5, 0.6) is 0 Å². The summed E-state index contributed by atoms with van der Waals surface area (Å²) in [6.45, 7) is 3.04. The van der Waals surface area contributed by atoms with Gasteiger partial charge in [0.25, 0.3) is 5.91 Å². The highest BCUT2D eigenvalue weighted by Gasteiger charge is 2.23. The summed E-state index contributed by atoms with van der Waals surface area (Å²) in [6.07, 6.45) is 5.13. The van der Waals surface area contributed by atoms with Gasteiger partial charge in [-0.3, -0.25) is 4.79 Å². The molecular formula is C19H20ClN3O. The number of benzene rings is 1. The molecule has 5 heteroatoms. The molecule has 4 nitrogen and oxygen atoms in total. The van der Waals surface area contributed by atoms with Gasteiger partial charge in [0.05, 0.1) is 5.02 Å². The lowest BCUT2D eigenvalue weighted by molar-refractivity contribution is 0.0746. The molecule has 2 aromatic rings. The Balaban J connectivity index is 1.42. The molecule has 0 bridgehead atoms. The number of fused-ring (bicyclic) bond motifs is 1. The summed E-state index contributed by atoms with van der Waals surface area (Å²) in [6, 6.07) is 9.99. The van der Waals surface area contributed by atoms with E-state index in [9.17, 15) is 4.79 Å². The van der Waals surface area contributed by atoms with Crippen LogP contribution < -0.4 is 4.90 Å². The standard InChI is InChI=1S/C19H20ClN3O/c20-17-6-7-18(21-13-17)22-8-10-23(11-9-22)19(24)16-5-4-14-2-1-3-15(14)12-16/h4-7,12-13H,1-3,8-11H2. The van der Waals surface area contributed by atoms with Gasteiger partial charge >= 0.3 is 0 Å². The molecule has 4 rings (SSSR count). The third-order valence-corrected chi connectivity index (χ3v) is 5.17. The number of carbonyl (C=O) groups is 1. The largest absolute Gasteiger partial charge is 0.353 e. The summed E-state index contributed by atoms with van der Waals surface area (Å²) in [5.41, 5.74) is 3.59. The lowest BCUT2D eigenvalue weighted by atomic mass is 10.1. The van der Waals surface area contributed by atoms with Crippen molar-refractivity contribution in [2.24, 2.45) is 0 Å². The van der Waals surface area contributed by atoms with Crippen molar-refractivity contribution in [3.8, 4) is 0 Å². The van der Waals surface area contributed by atoms with Crippen LogP contribution in [0.3, 0.4) is 0 Å². The van der Waals surface area contributed by atoms with Gasteiger partial charge < -0.3 is 9.80 Å². The molecular weight excluding hydrogens is 322 g/mol. The minimum absolute atomic E-state index is 0.147. The summed E-state index contributed by atoms with van der Waals surface area (Å²) < 4.78 is 0. The number of piperazine rings is 1. The van der Waals surface area contributed by atoms with Gasteiger partial charge in [-0.15, -0.1) is 0 Å². The summed E-state index contributed by atoms with van der Waals surface area (Å²) in [4.78, 5) is 21.3. The van der Waals surface area contributed by atoms with Crippen molar-refractivity contribution in [3.05, 3.63) is 58.2 Å².